The van der Waals surface area contributed by atoms with Gasteiger partial charge in [0, 0.05) is 30.9 Å². The highest BCUT2D eigenvalue weighted by atomic mass is 19.4. The number of rotatable bonds is 3. The molecule has 0 radical (unpaired) electrons. The maximum Gasteiger partial charge on any atom is 0.422 e. The number of pyridine rings is 1. The molecule has 4 heterocycles. The van der Waals surface area contributed by atoms with E-state index in [4.69, 9.17) is 4.42 Å². The maximum atomic E-state index is 15.8. The van der Waals surface area contributed by atoms with E-state index in [1.54, 1.807) is 36.0 Å². The van der Waals surface area contributed by atoms with Gasteiger partial charge < -0.3 is 4.42 Å². The molecule has 36 heavy (non-hydrogen) atoms. The highest BCUT2D eigenvalue weighted by Crippen LogP contribution is 2.73. The highest BCUT2D eigenvalue weighted by Gasteiger charge is 2.84. The average Bonchev–Trinajstić information content (AvgIpc) is 3.05. The minimum Gasteiger partial charge on any atom is -0.403 e. The molecule has 1 fully saturated rings. The number of oxazole rings is 1. The Bertz CT molecular complexity index is 1700. The number of aromatic nitrogens is 3. The van der Waals surface area contributed by atoms with Gasteiger partial charge in [-0.05, 0) is 37.0 Å². The molecule has 0 saturated heterocycles. The number of nitrogens with zero attached hydrogens (tertiary/aromatic N) is 3. The van der Waals surface area contributed by atoms with E-state index in [-0.39, 0.29) is 28.0 Å². The van der Waals surface area contributed by atoms with Gasteiger partial charge >= 0.3 is 11.8 Å². The molecule has 4 aromatic rings. The second kappa shape index (κ2) is 7.02. The van der Waals surface area contributed by atoms with E-state index >= 15 is 8.78 Å². The number of halogens is 5. The summed E-state index contributed by atoms with van der Waals surface area (Å²) in [5, 5.41) is 0. The summed E-state index contributed by atoms with van der Waals surface area (Å²) in [5.74, 6) is -3.31. The Morgan fingerprint density at radius 2 is 1.94 bits per heavy atom. The SMILES string of the molecule is CCCC12C(=c3oc(=O)c4nccn34)C1(CC)c1cc(F)c(C(F)(F)F)c(F)c1-c1cc(C)cc[n+]12. The summed E-state index contributed by atoms with van der Waals surface area (Å²) < 4.78 is 81.0. The van der Waals surface area contributed by atoms with Crippen LogP contribution in [0.1, 0.15) is 49.8 Å². The largest absolute Gasteiger partial charge is 0.422 e. The summed E-state index contributed by atoms with van der Waals surface area (Å²) in [5.41, 5.74) is -2.96. The Hall–Kier alpha value is -3.56. The van der Waals surface area contributed by atoms with E-state index in [0.717, 1.165) is 6.07 Å². The Kier molecular flexibility index (Phi) is 4.46. The monoisotopic (exact) mass is 502 g/mol. The van der Waals surface area contributed by atoms with Crippen LogP contribution in [0, 0.1) is 18.6 Å². The molecule has 3 aromatic heterocycles. The molecule has 1 saturated carbocycles. The van der Waals surface area contributed by atoms with Crippen molar-refractivity contribution in [1.82, 2.24) is 9.38 Å². The Balaban J connectivity index is 1.86. The first-order valence-electron chi connectivity index (χ1n) is 11.7. The second-order valence-corrected chi connectivity index (χ2v) is 9.49. The van der Waals surface area contributed by atoms with Crippen molar-refractivity contribution < 1.29 is 30.9 Å². The predicted octanol–water partition coefficient (Wildman–Crippen LogP) is 4.59. The average molecular weight is 502 g/mol. The van der Waals surface area contributed by atoms with Crippen molar-refractivity contribution in [3.63, 3.8) is 0 Å². The molecule has 2 unspecified atom stereocenters. The van der Waals surface area contributed by atoms with E-state index in [1.165, 1.54) is 10.6 Å². The van der Waals surface area contributed by atoms with E-state index in [0.29, 0.717) is 30.4 Å². The van der Waals surface area contributed by atoms with Gasteiger partial charge in [0.05, 0.1) is 16.6 Å². The third-order valence-corrected chi connectivity index (χ3v) is 7.81. The first-order valence-corrected chi connectivity index (χ1v) is 11.7. The first kappa shape index (κ1) is 22.9. The van der Waals surface area contributed by atoms with Crippen molar-refractivity contribution in [2.45, 2.75) is 57.2 Å². The van der Waals surface area contributed by atoms with Crippen LogP contribution in [0.25, 0.3) is 22.5 Å². The van der Waals surface area contributed by atoms with Crippen molar-refractivity contribution in [2.24, 2.45) is 0 Å². The topological polar surface area (TPSA) is 51.4 Å². The molecular weight excluding hydrogens is 481 g/mol. The lowest BCUT2D eigenvalue weighted by molar-refractivity contribution is -0.730. The molecule has 10 heteroatoms. The summed E-state index contributed by atoms with van der Waals surface area (Å²) in [4.78, 5) is 16.6. The molecule has 1 aromatic carbocycles. The lowest BCUT2D eigenvalue weighted by Gasteiger charge is -2.29. The zero-order valence-corrected chi connectivity index (χ0v) is 19.6. The predicted molar refractivity (Wildman–Crippen MR) is 119 cm³/mol. The molecule has 2 atom stereocenters. The molecule has 2 aliphatic rings. The summed E-state index contributed by atoms with van der Waals surface area (Å²) in [6, 6.07) is 4.23. The smallest absolute Gasteiger partial charge is 0.403 e. The Morgan fingerprint density at radius 3 is 2.61 bits per heavy atom. The quantitative estimate of drug-likeness (QED) is 0.304. The number of hydrogen-bond acceptors (Lipinski definition) is 3. The fourth-order valence-electron chi connectivity index (χ4n) is 6.59. The van der Waals surface area contributed by atoms with Crippen molar-refractivity contribution >= 4 is 11.2 Å². The minimum absolute atomic E-state index is 0.0678. The summed E-state index contributed by atoms with van der Waals surface area (Å²) >= 11 is 0. The summed E-state index contributed by atoms with van der Waals surface area (Å²) in [6.07, 6.45) is 0.989. The van der Waals surface area contributed by atoms with Crippen LogP contribution >= 0.6 is 0 Å². The number of alkyl halides is 3. The van der Waals surface area contributed by atoms with Crippen LogP contribution in [-0.2, 0) is 17.1 Å². The molecule has 1 aliphatic carbocycles. The summed E-state index contributed by atoms with van der Waals surface area (Å²) in [6.45, 7) is 5.53. The highest BCUT2D eigenvalue weighted by molar-refractivity contribution is 5.90. The van der Waals surface area contributed by atoms with Gasteiger partial charge in [0.1, 0.15) is 11.4 Å². The summed E-state index contributed by atoms with van der Waals surface area (Å²) in [7, 11) is 0. The minimum atomic E-state index is -5.22. The standard InChI is InChI=1S/C26H21F5N3O2/c1-4-7-25-20(22-33-10-8-32-21(33)23(35)36-22)24(25,5-2)14-12-15(27)18(26(29,30)31)19(28)17(14)16-11-13(3)6-9-34(16)25/h6,8-12H,4-5,7H2,1-3H3/q+1. The normalized spacial score (nSPS) is 24.0. The number of benzene rings is 1. The van der Waals surface area contributed by atoms with Gasteiger partial charge in [0.15, 0.2) is 12.0 Å². The third kappa shape index (κ3) is 2.47. The number of fused-ring (bicyclic) bond motifs is 7. The molecule has 0 N–H and O–H groups in total. The fourth-order valence-corrected chi connectivity index (χ4v) is 6.59. The van der Waals surface area contributed by atoms with Gasteiger partial charge in [0.25, 0.3) is 0 Å². The van der Waals surface area contributed by atoms with Crippen LogP contribution in [0.5, 0.6) is 0 Å². The van der Waals surface area contributed by atoms with Crippen LogP contribution in [0.15, 0.2) is 46.0 Å². The van der Waals surface area contributed by atoms with Gasteiger partial charge in [-0.2, -0.15) is 17.7 Å². The first-order chi connectivity index (χ1) is 17.0. The van der Waals surface area contributed by atoms with Crippen LogP contribution in [-0.4, -0.2) is 9.38 Å². The molecule has 186 valence electrons. The van der Waals surface area contributed by atoms with Crippen molar-refractivity contribution in [3.8, 4) is 11.3 Å². The number of aryl methyl sites for hydroxylation is 1. The molecule has 5 nitrogen and oxygen atoms in total. The molecule has 0 spiro atoms. The maximum absolute atomic E-state index is 15.8. The second-order valence-electron chi connectivity index (χ2n) is 9.49. The van der Waals surface area contributed by atoms with Gasteiger partial charge in [-0.25, -0.2) is 18.6 Å². The molecular formula is C26H21F5N3O2+. The number of hydrogen-bond donors (Lipinski definition) is 0. The van der Waals surface area contributed by atoms with Gasteiger partial charge in [0.2, 0.25) is 22.4 Å². The van der Waals surface area contributed by atoms with Crippen LogP contribution in [0.2, 0.25) is 0 Å². The van der Waals surface area contributed by atoms with Crippen LogP contribution in [0.4, 0.5) is 22.0 Å². The molecule has 6 rings (SSSR count). The van der Waals surface area contributed by atoms with Crippen molar-refractivity contribution in [2.75, 3.05) is 0 Å². The Morgan fingerprint density at radius 1 is 1.19 bits per heavy atom. The molecule has 0 bridgehead atoms. The van der Waals surface area contributed by atoms with Gasteiger partial charge in [-0.3, -0.25) is 4.40 Å². The zero-order chi connectivity index (χ0) is 25.8. The van der Waals surface area contributed by atoms with Gasteiger partial charge in [-0.1, -0.05) is 13.8 Å². The zero-order valence-electron chi connectivity index (χ0n) is 19.6. The Labute approximate surface area is 201 Å². The van der Waals surface area contributed by atoms with E-state index in [1.807, 2.05) is 13.8 Å². The van der Waals surface area contributed by atoms with E-state index < -0.39 is 40.0 Å². The van der Waals surface area contributed by atoms with E-state index in [2.05, 4.69) is 4.98 Å². The molecule has 1 aliphatic heterocycles. The van der Waals surface area contributed by atoms with Crippen LogP contribution in [0.3, 0.4) is 0 Å². The fraction of sp³-hybridized carbons (Fsp3) is 0.346. The lowest BCUT2D eigenvalue weighted by Crippen LogP contribution is -2.55. The van der Waals surface area contributed by atoms with Crippen molar-refractivity contribution in [3.05, 3.63) is 81.1 Å². The van der Waals surface area contributed by atoms with Crippen molar-refractivity contribution in [1.29, 1.82) is 0 Å². The lowest BCUT2D eigenvalue weighted by atomic mass is 9.78. The van der Waals surface area contributed by atoms with E-state index in [9.17, 15) is 18.0 Å². The van der Waals surface area contributed by atoms with Crippen LogP contribution < -0.4 is 15.7 Å². The number of imidazole rings is 1. The molecule has 0 amide bonds. The van der Waals surface area contributed by atoms with Gasteiger partial charge in [-0.15, -0.1) is 0 Å². The third-order valence-electron chi connectivity index (χ3n) is 7.81.